The van der Waals surface area contributed by atoms with Crippen molar-refractivity contribution in [2.24, 2.45) is 0 Å². The highest BCUT2D eigenvalue weighted by molar-refractivity contribution is 8.00. The van der Waals surface area contributed by atoms with Crippen molar-refractivity contribution < 1.29 is 9.53 Å². The van der Waals surface area contributed by atoms with E-state index in [2.05, 4.69) is 0 Å². The molecule has 0 aromatic rings. The van der Waals surface area contributed by atoms with E-state index < -0.39 is 0 Å². The van der Waals surface area contributed by atoms with Gasteiger partial charge >= 0.3 is 0 Å². The molecule has 12 heavy (non-hydrogen) atoms. The third-order valence-corrected chi connectivity index (χ3v) is 2.83. The highest BCUT2D eigenvalue weighted by Gasteiger charge is 2.23. The van der Waals surface area contributed by atoms with Crippen LogP contribution in [0.4, 0.5) is 0 Å². The molecule has 1 fully saturated rings. The standard InChI is InChI=1S/C9H14O2S/c1-3-4-8(10)9-11-7(2)5-6-12-9/h3-4,7,9H,5-6H2,1-2H3/b4-3+/t7-,9-/m0/s1. The van der Waals surface area contributed by atoms with Crippen molar-refractivity contribution in [1.29, 1.82) is 0 Å². The van der Waals surface area contributed by atoms with E-state index in [1.165, 1.54) is 0 Å². The topological polar surface area (TPSA) is 26.3 Å². The van der Waals surface area contributed by atoms with Gasteiger partial charge in [0.05, 0.1) is 6.10 Å². The first-order valence-electron chi connectivity index (χ1n) is 4.17. The molecular formula is C9H14O2S. The summed E-state index contributed by atoms with van der Waals surface area (Å²) >= 11 is 1.59. The summed E-state index contributed by atoms with van der Waals surface area (Å²) in [5.74, 6) is 1.10. The molecule has 1 aliphatic rings. The van der Waals surface area contributed by atoms with Crippen LogP contribution in [0, 0.1) is 0 Å². The number of carbonyl (C=O) groups excluding carboxylic acids is 1. The lowest BCUT2D eigenvalue weighted by Gasteiger charge is -2.25. The Bertz CT molecular complexity index is 189. The summed E-state index contributed by atoms with van der Waals surface area (Å²) < 4.78 is 5.46. The van der Waals surface area contributed by atoms with Crippen LogP contribution in [0.5, 0.6) is 0 Å². The molecule has 1 rings (SSSR count). The summed E-state index contributed by atoms with van der Waals surface area (Å²) in [6.07, 6.45) is 4.61. The molecule has 68 valence electrons. The minimum absolute atomic E-state index is 0.0778. The predicted octanol–water partition coefficient (Wildman–Crippen LogP) is 2.00. The van der Waals surface area contributed by atoms with Gasteiger partial charge in [0.2, 0.25) is 0 Å². The van der Waals surface area contributed by atoms with Crippen molar-refractivity contribution in [3.63, 3.8) is 0 Å². The number of hydrogen-bond donors (Lipinski definition) is 0. The SMILES string of the molecule is C/C=C/C(=O)[C@H]1O[C@@H](C)CCS1. The zero-order valence-corrected chi connectivity index (χ0v) is 8.26. The summed E-state index contributed by atoms with van der Waals surface area (Å²) in [4.78, 5) is 11.3. The van der Waals surface area contributed by atoms with E-state index in [0.29, 0.717) is 0 Å². The zero-order valence-electron chi connectivity index (χ0n) is 7.45. The van der Waals surface area contributed by atoms with Crippen LogP contribution in [0.1, 0.15) is 20.3 Å². The summed E-state index contributed by atoms with van der Waals surface area (Å²) in [5, 5.41) is 0. The average Bonchev–Trinajstić information content (AvgIpc) is 2.05. The molecule has 0 radical (unpaired) electrons. The summed E-state index contributed by atoms with van der Waals surface area (Å²) in [7, 11) is 0. The van der Waals surface area contributed by atoms with Crippen LogP contribution in [0.2, 0.25) is 0 Å². The maximum atomic E-state index is 11.3. The van der Waals surface area contributed by atoms with Gasteiger partial charge in [0.25, 0.3) is 0 Å². The van der Waals surface area contributed by atoms with E-state index in [4.69, 9.17) is 4.74 Å². The lowest BCUT2D eigenvalue weighted by atomic mass is 10.3. The molecule has 0 aromatic carbocycles. The number of ether oxygens (including phenoxy) is 1. The first-order chi connectivity index (χ1) is 5.74. The van der Waals surface area contributed by atoms with Crippen molar-refractivity contribution in [3.8, 4) is 0 Å². The molecule has 0 bridgehead atoms. The second kappa shape index (κ2) is 4.67. The van der Waals surface area contributed by atoms with Gasteiger partial charge in [-0.3, -0.25) is 4.79 Å². The molecule has 0 aliphatic carbocycles. The third-order valence-electron chi connectivity index (χ3n) is 1.71. The number of ketones is 1. The summed E-state index contributed by atoms with van der Waals surface area (Å²) in [5.41, 5.74) is -0.259. The molecule has 0 saturated carbocycles. The van der Waals surface area contributed by atoms with Gasteiger partial charge in [0, 0.05) is 0 Å². The van der Waals surface area contributed by atoms with E-state index in [-0.39, 0.29) is 17.3 Å². The van der Waals surface area contributed by atoms with E-state index >= 15 is 0 Å². The molecule has 1 saturated heterocycles. The number of allylic oxidation sites excluding steroid dienone is 1. The van der Waals surface area contributed by atoms with Gasteiger partial charge in [0.1, 0.15) is 0 Å². The fraction of sp³-hybridized carbons (Fsp3) is 0.667. The van der Waals surface area contributed by atoms with Gasteiger partial charge in [-0.05, 0) is 32.1 Å². The largest absolute Gasteiger partial charge is 0.356 e. The van der Waals surface area contributed by atoms with E-state index in [9.17, 15) is 4.79 Å². The monoisotopic (exact) mass is 186 g/mol. The first kappa shape index (κ1) is 9.81. The van der Waals surface area contributed by atoms with Crippen molar-refractivity contribution in [3.05, 3.63) is 12.2 Å². The van der Waals surface area contributed by atoms with E-state index in [0.717, 1.165) is 12.2 Å². The Kier molecular flexibility index (Phi) is 3.82. The molecule has 0 amide bonds. The minimum Gasteiger partial charge on any atom is -0.356 e. The average molecular weight is 186 g/mol. The van der Waals surface area contributed by atoms with Gasteiger partial charge in [0.15, 0.2) is 11.2 Å². The van der Waals surface area contributed by atoms with Crippen LogP contribution in [0.25, 0.3) is 0 Å². The second-order valence-electron chi connectivity index (χ2n) is 2.84. The molecule has 2 nitrogen and oxygen atoms in total. The maximum absolute atomic E-state index is 11.3. The normalized spacial score (nSPS) is 30.8. The van der Waals surface area contributed by atoms with Gasteiger partial charge in [-0.1, -0.05) is 6.08 Å². The van der Waals surface area contributed by atoms with E-state index in [1.54, 1.807) is 23.9 Å². The van der Waals surface area contributed by atoms with Crippen LogP contribution in [0.15, 0.2) is 12.2 Å². The lowest BCUT2D eigenvalue weighted by molar-refractivity contribution is -0.123. The Labute approximate surface area is 77.4 Å². The number of thioether (sulfide) groups is 1. The maximum Gasteiger partial charge on any atom is 0.194 e. The Morgan fingerprint density at radius 1 is 1.67 bits per heavy atom. The van der Waals surface area contributed by atoms with Crippen molar-refractivity contribution in [2.45, 2.75) is 31.8 Å². The first-order valence-corrected chi connectivity index (χ1v) is 5.22. The molecule has 0 unspecified atom stereocenters. The fourth-order valence-electron chi connectivity index (χ4n) is 1.05. The fourth-order valence-corrected chi connectivity index (χ4v) is 2.24. The molecule has 0 aromatic heterocycles. The van der Waals surface area contributed by atoms with Crippen LogP contribution in [-0.4, -0.2) is 23.1 Å². The quantitative estimate of drug-likeness (QED) is 0.617. The number of rotatable bonds is 2. The number of hydrogen-bond acceptors (Lipinski definition) is 3. The molecule has 0 N–H and O–H groups in total. The number of carbonyl (C=O) groups is 1. The Morgan fingerprint density at radius 2 is 2.42 bits per heavy atom. The lowest BCUT2D eigenvalue weighted by Crippen LogP contribution is -2.29. The van der Waals surface area contributed by atoms with Crippen LogP contribution in [0.3, 0.4) is 0 Å². The summed E-state index contributed by atoms with van der Waals surface area (Å²) in [6.45, 7) is 3.85. The van der Waals surface area contributed by atoms with Gasteiger partial charge in [-0.25, -0.2) is 0 Å². The van der Waals surface area contributed by atoms with Crippen LogP contribution < -0.4 is 0 Å². The molecule has 3 heteroatoms. The zero-order chi connectivity index (χ0) is 8.97. The highest BCUT2D eigenvalue weighted by Crippen LogP contribution is 2.24. The summed E-state index contributed by atoms with van der Waals surface area (Å²) in [6, 6.07) is 0. The molecule has 1 heterocycles. The third kappa shape index (κ3) is 2.64. The smallest absolute Gasteiger partial charge is 0.194 e. The Balaban J connectivity index is 2.45. The molecule has 2 atom stereocenters. The predicted molar refractivity (Wildman–Crippen MR) is 51.2 cm³/mol. The molecule has 0 spiro atoms. The van der Waals surface area contributed by atoms with Gasteiger partial charge in [-0.2, -0.15) is 0 Å². The van der Waals surface area contributed by atoms with Crippen molar-refractivity contribution in [2.75, 3.05) is 5.75 Å². The van der Waals surface area contributed by atoms with Crippen molar-refractivity contribution >= 4 is 17.5 Å². The van der Waals surface area contributed by atoms with Gasteiger partial charge in [-0.15, -0.1) is 11.8 Å². The molecule has 1 aliphatic heterocycles. The van der Waals surface area contributed by atoms with Gasteiger partial charge < -0.3 is 4.74 Å². The van der Waals surface area contributed by atoms with Crippen LogP contribution in [-0.2, 0) is 9.53 Å². The minimum atomic E-state index is -0.259. The highest BCUT2D eigenvalue weighted by atomic mass is 32.2. The van der Waals surface area contributed by atoms with Crippen LogP contribution >= 0.6 is 11.8 Å². The van der Waals surface area contributed by atoms with Crippen molar-refractivity contribution in [1.82, 2.24) is 0 Å². The van der Waals surface area contributed by atoms with E-state index in [1.807, 2.05) is 13.8 Å². The molecular weight excluding hydrogens is 172 g/mol. The Hall–Kier alpha value is -0.280. The Morgan fingerprint density at radius 3 is 3.00 bits per heavy atom. The second-order valence-corrected chi connectivity index (χ2v) is 4.01.